The molecule has 21 heavy (non-hydrogen) atoms. The summed E-state index contributed by atoms with van der Waals surface area (Å²) in [6.45, 7) is 15.1. The quantitative estimate of drug-likeness (QED) is 0.852. The number of rotatable bonds is 4. The predicted octanol–water partition coefficient (Wildman–Crippen LogP) is 1.46. The van der Waals surface area contributed by atoms with Crippen molar-refractivity contribution in [3.8, 4) is 0 Å². The molecule has 0 bridgehead atoms. The summed E-state index contributed by atoms with van der Waals surface area (Å²) in [5, 5.41) is 0. The summed E-state index contributed by atoms with van der Waals surface area (Å²) in [4.78, 5) is 7.86. The summed E-state index contributed by atoms with van der Waals surface area (Å²) < 4.78 is 0. The number of nitrogens with zero attached hydrogens (tertiary/aromatic N) is 3. The first kappa shape index (κ1) is 17.2. The topological polar surface area (TPSA) is 35.7 Å². The molecule has 4 heteroatoms. The Labute approximate surface area is 131 Å². The Morgan fingerprint density at radius 2 is 1.81 bits per heavy atom. The molecule has 2 N–H and O–H groups in total. The second kappa shape index (κ2) is 7.40. The van der Waals surface area contributed by atoms with Gasteiger partial charge in [0.05, 0.1) is 0 Å². The Bertz CT molecular complexity index is 310. The molecule has 0 aromatic rings. The number of piperidine rings is 1. The van der Waals surface area contributed by atoms with E-state index < -0.39 is 0 Å². The van der Waals surface area contributed by atoms with Crippen LogP contribution in [0, 0.1) is 5.92 Å². The molecule has 2 saturated heterocycles. The standard InChI is InChI=1S/C17H36N4/c1-15(2)12-20-10-6-17(14-18,7-11-20)21-9-5-8-19(4)13-16(21)3/h15-16H,5-14,18H2,1-4H3. The van der Waals surface area contributed by atoms with Crippen molar-refractivity contribution in [2.24, 2.45) is 11.7 Å². The zero-order chi connectivity index (χ0) is 15.5. The number of likely N-dealkylation sites (N-methyl/N-ethyl adjacent to an activating group) is 1. The van der Waals surface area contributed by atoms with E-state index in [2.05, 4.69) is 42.5 Å². The lowest BCUT2D eigenvalue weighted by atomic mass is 9.84. The zero-order valence-corrected chi connectivity index (χ0v) is 14.6. The van der Waals surface area contributed by atoms with Gasteiger partial charge in [0.15, 0.2) is 0 Å². The summed E-state index contributed by atoms with van der Waals surface area (Å²) in [6, 6.07) is 0.623. The van der Waals surface area contributed by atoms with Gasteiger partial charge in [-0.2, -0.15) is 0 Å². The second-order valence-electron chi connectivity index (χ2n) is 7.78. The monoisotopic (exact) mass is 296 g/mol. The number of nitrogens with two attached hydrogens (primary N) is 1. The van der Waals surface area contributed by atoms with Crippen LogP contribution in [0.3, 0.4) is 0 Å². The lowest BCUT2D eigenvalue weighted by molar-refractivity contribution is 0.00102. The van der Waals surface area contributed by atoms with Gasteiger partial charge in [-0.05, 0) is 58.8 Å². The smallest absolute Gasteiger partial charge is 0.0359 e. The fourth-order valence-corrected chi connectivity index (χ4v) is 4.35. The number of hydrogen-bond acceptors (Lipinski definition) is 4. The fourth-order valence-electron chi connectivity index (χ4n) is 4.35. The molecule has 1 atom stereocenters. The zero-order valence-electron chi connectivity index (χ0n) is 14.6. The maximum atomic E-state index is 6.29. The molecule has 0 aromatic heterocycles. The molecule has 0 saturated carbocycles. The van der Waals surface area contributed by atoms with Crippen molar-refractivity contribution in [1.29, 1.82) is 0 Å². The van der Waals surface area contributed by atoms with Gasteiger partial charge in [-0.1, -0.05) is 13.8 Å². The highest BCUT2D eigenvalue weighted by molar-refractivity contribution is 4.99. The average molecular weight is 297 g/mol. The van der Waals surface area contributed by atoms with Crippen molar-refractivity contribution in [3.05, 3.63) is 0 Å². The second-order valence-corrected chi connectivity index (χ2v) is 7.78. The van der Waals surface area contributed by atoms with E-state index in [0.29, 0.717) is 6.04 Å². The lowest BCUT2D eigenvalue weighted by Gasteiger charge is -2.50. The molecular formula is C17H36N4. The van der Waals surface area contributed by atoms with Crippen LogP contribution in [-0.4, -0.2) is 79.1 Å². The van der Waals surface area contributed by atoms with Gasteiger partial charge in [0, 0.05) is 37.8 Å². The number of likely N-dealkylation sites (tertiary alicyclic amines) is 1. The molecule has 2 heterocycles. The SMILES string of the molecule is CC(C)CN1CCC(CN)(N2CCCN(C)CC2C)CC1. The highest BCUT2D eigenvalue weighted by Crippen LogP contribution is 2.31. The maximum absolute atomic E-state index is 6.29. The van der Waals surface area contributed by atoms with E-state index in [4.69, 9.17) is 5.73 Å². The summed E-state index contributed by atoms with van der Waals surface area (Å²) in [5.74, 6) is 0.765. The largest absolute Gasteiger partial charge is 0.329 e. The van der Waals surface area contributed by atoms with E-state index in [1.807, 2.05) is 0 Å². The van der Waals surface area contributed by atoms with E-state index in [1.54, 1.807) is 0 Å². The highest BCUT2D eigenvalue weighted by Gasteiger charge is 2.41. The Morgan fingerprint density at radius 1 is 1.14 bits per heavy atom. The van der Waals surface area contributed by atoms with E-state index in [9.17, 15) is 0 Å². The summed E-state index contributed by atoms with van der Waals surface area (Å²) >= 11 is 0. The highest BCUT2D eigenvalue weighted by atomic mass is 15.3. The van der Waals surface area contributed by atoms with E-state index in [1.165, 1.54) is 58.5 Å². The lowest BCUT2D eigenvalue weighted by Crippen LogP contribution is -2.62. The minimum atomic E-state index is 0.248. The first-order chi connectivity index (χ1) is 9.97. The molecular weight excluding hydrogens is 260 g/mol. The van der Waals surface area contributed by atoms with Gasteiger partial charge < -0.3 is 15.5 Å². The maximum Gasteiger partial charge on any atom is 0.0359 e. The first-order valence-electron chi connectivity index (χ1n) is 8.84. The van der Waals surface area contributed by atoms with Gasteiger partial charge in [0.25, 0.3) is 0 Å². The van der Waals surface area contributed by atoms with Crippen LogP contribution in [0.25, 0.3) is 0 Å². The van der Waals surface area contributed by atoms with Gasteiger partial charge in [-0.15, -0.1) is 0 Å². The summed E-state index contributed by atoms with van der Waals surface area (Å²) in [7, 11) is 2.25. The minimum Gasteiger partial charge on any atom is -0.329 e. The molecule has 2 aliphatic heterocycles. The van der Waals surface area contributed by atoms with Gasteiger partial charge in [-0.25, -0.2) is 0 Å². The Kier molecular flexibility index (Phi) is 6.06. The van der Waals surface area contributed by atoms with E-state index >= 15 is 0 Å². The molecule has 0 aromatic carbocycles. The Hall–Kier alpha value is -0.160. The van der Waals surface area contributed by atoms with Gasteiger partial charge >= 0.3 is 0 Å². The van der Waals surface area contributed by atoms with E-state index in [-0.39, 0.29) is 5.54 Å². The molecule has 0 aliphatic carbocycles. The van der Waals surface area contributed by atoms with Crippen molar-refractivity contribution in [3.63, 3.8) is 0 Å². The molecule has 124 valence electrons. The third kappa shape index (κ3) is 4.19. The Balaban J connectivity index is 2.01. The molecule has 1 unspecified atom stereocenters. The van der Waals surface area contributed by atoms with Crippen LogP contribution < -0.4 is 5.73 Å². The fraction of sp³-hybridized carbons (Fsp3) is 1.00. The molecule has 2 fully saturated rings. The summed E-state index contributed by atoms with van der Waals surface area (Å²) in [6.07, 6.45) is 3.76. The van der Waals surface area contributed by atoms with E-state index in [0.717, 1.165) is 12.5 Å². The van der Waals surface area contributed by atoms with Crippen LogP contribution >= 0.6 is 0 Å². The van der Waals surface area contributed by atoms with Gasteiger partial charge in [-0.3, -0.25) is 4.90 Å². The Morgan fingerprint density at radius 3 is 2.38 bits per heavy atom. The molecule has 2 rings (SSSR count). The minimum absolute atomic E-state index is 0.248. The predicted molar refractivity (Wildman–Crippen MR) is 90.6 cm³/mol. The number of hydrogen-bond donors (Lipinski definition) is 1. The van der Waals surface area contributed by atoms with Crippen LogP contribution in [0.2, 0.25) is 0 Å². The van der Waals surface area contributed by atoms with Crippen molar-refractivity contribution in [2.75, 3.05) is 52.9 Å². The summed E-state index contributed by atoms with van der Waals surface area (Å²) in [5.41, 5.74) is 6.54. The third-order valence-electron chi connectivity index (χ3n) is 5.45. The van der Waals surface area contributed by atoms with Crippen molar-refractivity contribution < 1.29 is 0 Å². The van der Waals surface area contributed by atoms with Crippen LogP contribution in [0.5, 0.6) is 0 Å². The average Bonchev–Trinajstić information content (AvgIpc) is 2.60. The third-order valence-corrected chi connectivity index (χ3v) is 5.45. The molecule has 0 radical (unpaired) electrons. The van der Waals surface area contributed by atoms with Crippen molar-refractivity contribution in [2.45, 2.75) is 51.6 Å². The molecule has 0 spiro atoms. The normalized spacial score (nSPS) is 29.7. The first-order valence-corrected chi connectivity index (χ1v) is 8.84. The van der Waals surface area contributed by atoms with Crippen LogP contribution in [0.1, 0.15) is 40.0 Å². The molecule has 4 nitrogen and oxygen atoms in total. The molecule has 2 aliphatic rings. The van der Waals surface area contributed by atoms with Crippen LogP contribution in [0.15, 0.2) is 0 Å². The van der Waals surface area contributed by atoms with Gasteiger partial charge in [0.2, 0.25) is 0 Å². The van der Waals surface area contributed by atoms with Crippen molar-refractivity contribution in [1.82, 2.24) is 14.7 Å². The van der Waals surface area contributed by atoms with Crippen LogP contribution in [0.4, 0.5) is 0 Å². The van der Waals surface area contributed by atoms with Gasteiger partial charge in [0.1, 0.15) is 0 Å². The van der Waals surface area contributed by atoms with Crippen molar-refractivity contribution >= 4 is 0 Å². The molecule has 0 amide bonds. The van der Waals surface area contributed by atoms with Crippen LogP contribution in [-0.2, 0) is 0 Å².